The summed E-state index contributed by atoms with van der Waals surface area (Å²) in [5.41, 5.74) is 3.40. The van der Waals surface area contributed by atoms with Crippen LogP contribution < -0.4 is 5.32 Å². The van der Waals surface area contributed by atoms with Gasteiger partial charge in [-0.1, -0.05) is 19.9 Å². The zero-order valence-electron chi connectivity index (χ0n) is 17.3. The molecule has 2 amide bonds. The van der Waals surface area contributed by atoms with E-state index < -0.39 is 0 Å². The van der Waals surface area contributed by atoms with Gasteiger partial charge < -0.3 is 25.3 Å². The summed E-state index contributed by atoms with van der Waals surface area (Å²) in [6.45, 7) is 7.63. The molecule has 0 aliphatic carbocycles. The smallest absolute Gasteiger partial charge is 0.258 e. The van der Waals surface area contributed by atoms with Gasteiger partial charge in [-0.05, 0) is 40.8 Å². The van der Waals surface area contributed by atoms with Crippen molar-refractivity contribution in [3.8, 4) is 11.5 Å². The third-order valence-electron chi connectivity index (χ3n) is 5.86. The third-order valence-corrected chi connectivity index (χ3v) is 5.86. The lowest BCUT2D eigenvalue weighted by Crippen LogP contribution is -2.46. The van der Waals surface area contributed by atoms with E-state index in [-0.39, 0.29) is 34.8 Å². The molecule has 0 radical (unpaired) electrons. The van der Waals surface area contributed by atoms with Gasteiger partial charge in [-0.2, -0.15) is 0 Å². The Hall–Kier alpha value is -3.06. The Morgan fingerprint density at radius 3 is 2.30 bits per heavy atom. The summed E-state index contributed by atoms with van der Waals surface area (Å²) < 4.78 is 0. The number of carbonyl (C=O) groups is 2. The summed E-state index contributed by atoms with van der Waals surface area (Å²) in [7, 11) is 0. The molecule has 4 rings (SSSR count). The Balaban J connectivity index is 1.54. The molecule has 7 heteroatoms. The molecule has 1 saturated heterocycles. The summed E-state index contributed by atoms with van der Waals surface area (Å²) in [6.07, 6.45) is 0. The molecule has 0 atom stereocenters. The lowest BCUT2D eigenvalue weighted by molar-refractivity contribution is 0.0734. The van der Waals surface area contributed by atoms with Crippen LogP contribution in [-0.2, 0) is 13.1 Å². The number of benzene rings is 2. The number of rotatable bonds is 3. The van der Waals surface area contributed by atoms with Crippen molar-refractivity contribution in [2.24, 2.45) is 0 Å². The van der Waals surface area contributed by atoms with E-state index in [2.05, 4.69) is 5.32 Å². The SMILES string of the molecule is CC(C)c1cc(C(=O)N2Cc3ccc(C(=O)N4CCNCC4)cc3C2)c(O)cc1O. The van der Waals surface area contributed by atoms with Gasteiger partial charge in [0.05, 0.1) is 5.56 Å². The van der Waals surface area contributed by atoms with Gasteiger partial charge in [-0.25, -0.2) is 0 Å². The van der Waals surface area contributed by atoms with Crippen molar-refractivity contribution >= 4 is 11.8 Å². The van der Waals surface area contributed by atoms with Gasteiger partial charge in [0.2, 0.25) is 0 Å². The van der Waals surface area contributed by atoms with Crippen molar-refractivity contribution in [2.45, 2.75) is 32.9 Å². The maximum atomic E-state index is 13.1. The van der Waals surface area contributed by atoms with Crippen LogP contribution in [0, 0.1) is 0 Å². The minimum atomic E-state index is -0.291. The summed E-state index contributed by atoms with van der Waals surface area (Å²) in [5.74, 6) is -0.499. The number of phenols is 2. The molecular weight excluding hydrogens is 382 g/mol. The normalized spacial score (nSPS) is 16.1. The van der Waals surface area contributed by atoms with Gasteiger partial charge in [0, 0.05) is 50.9 Å². The van der Waals surface area contributed by atoms with Crippen molar-refractivity contribution in [3.05, 3.63) is 58.1 Å². The van der Waals surface area contributed by atoms with Crippen LogP contribution in [0.25, 0.3) is 0 Å². The van der Waals surface area contributed by atoms with Crippen LogP contribution in [0.1, 0.15) is 57.2 Å². The second-order valence-corrected chi connectivity index (χ2v) is 8.27. The number of carbonyl (C=O) groups excluding carboxylic acids is 2. The number of aromatic hydroxyl groups is 2. The first-order chi connectivity index (χ1) is 14.3. The molecule has 158 valence electrons. The fraction of sp³-hybridized carbons (Fsp3) is 0.391. The number of phenolic OH excluding ortho intramolecular Hbond substituents is 2. The van der Waals surface area contributed by atoms with E-state index in [0.717, 1.165) is 24.2 Å². The zero-order valence-corrected chi connectivity index (χ0v) is 17.3. The predicted octanol–water partition coefficient (Wildman–Crippen LogP) is 2.42. The van der Waals surface area contributed by atoms with Crippen molar-refractivity contribution in [1.82, 2.24) is 15.1 Å². The third kappa shape index (κ3) is 3.73. The molecule has 2 aliphatic heterocycles. The van der Waals surface area contributed by atoms with Crippen LogP contribution in [0.5, 0.6) is 11.5 Å². The maximum Gasteiger partial charge on any atom is 0.258 e. The van der Waals surface area contributed by atoms with Crippen LogP contribution in [0.2, 0.25) is 0 Å². The van der Waals surface area contributed by atoms with Gasteiger partial charge in [-0.15, -0.1) is 0 Å². The van der Waals surface area contributed by atoms with E-state index in [1.54, 1.807) is 11.0 Å². The van der Waals surface area contributed by atoms with Crippen molar-refractivity contribution in [3.63, 3.8) is 0 Å². The number of nitrogens with one attached hydrogen (secondary N) is 1. The van der Waals surface area contributed by atoms with E-state index in [0.29, 0.717) is 37.3 Å². The molecule has 7 nitrogen and oxygen atoms in total. The van der Waals surface area contributed by atoms with Gasteiger partial charge in [-0.3, -0.25) is 9.59 Å². The molecule has 0 saturated carbocycles. The van der Waals surface area contributed by atoms with E-state index in [1.807, 2.05) is 36.9 Å². The summed E-state index contributed by atoms with van der Waals surface area (Å²) in [6, 6.07) is 8.42. The van der Waals surface area contributed by atoms with Crippen molar-refractivity contribution in [1.29, 1.82) is 0 Å². The average molecular weight is 409 g/mol. The molecule has 2 aliphatic rings. The van der Waals surface area contributed by atoms with Crippen molar-refractivity contribution in [2.75, 3.05) is 26.2 Å². The number of piperazine rings is 1. The molecule has 3 N–H and O–H groups in total. The molecule has 0 bridgehead atoms. The molecule has 0 aromatic heterocycles. The minimum absolute atomic E-state index is 0.0141. The quantitative estimate of drug-likeness (QED) is 0.724. The summed E-state index contributed by atoms with van der Waals surface area (Å²) >= 11 is 0. The highest BCUT2D eigenvalue weighted by Crippen LogP contribution is 2.34. The summed E-state index contributed by atoms with van der Waals surface area (Å²) in [4.78, 5) is 29.4. The first kappa shape index (κ1) is 20.2. The largest absolute Gasteiger partial charge is 0.508 e. The molecule has 2 heterocycles. The summed E-state index contributed by atoms with van der Waals surface area (Å²) in [5, 5.41) is 23.5. The zero-order chi connectivity index (χ0) is 21.4. The lowest BCUT2D eigenvalue weighted by Gasteiger charge is -2.27. The molecule has 0 unspecified atom stereocenters. The number of hydrogen-bond acceptors (Lipinski definition) is 5. The topological polar surface area (TPSA) is 93.1 Å². The Morgan fingerprint density at radius 2 is 1.60 bits per heavy atom. The predicted molar refractivity (Wildman–Crippen MR) is 113 cm³/mol. The molecule has 2 aromatic carbocycles. The van der Waals surface area contributed by atoms with Crippen LogP contribution in [0.15, 0.2) is 30.3 Å². The number of fused-ring (bicyclic) bond motifs is 1. The van der Waals surface area contributed by atoms with E-state index in [1.165, 1.54) is 6.07 Å². The van der Waals surface area contributed by atoms with Crippen LogP contribution in [0.3, 0.4) is 0 Å². The van der Waals surface area contributed by atoms with E-state index in [4.69, 9.17) is 0 Å². The first-order valence-corrected chi connectivity index (χ1v) is 10.3. The van der Waals surface area contributed by atoms with Crippen molar-refractivity contribution < 1.29 is 19.8 Å². The average Bonchev–Trinajstić information content (AvgIpc) is 3.16. The highest BCUT2D eigenvalue weighted by Gasteiger charge is 2.28. The number of nitrogens with zero attached hydrogens (tertiary/aromatic N) is 2. The maximum absolute atomic E-state index is 13.1. The van der Waals surface area contributed by atoms with E-state index in [9.17, 15) is 19.8 Å². The van der Waals surface area contributed by atoms with Gasteiger partial charge >= 0.3 is 0 Å². The van der Waals surface area contributed by atoms with Crippen LogP contribution in [0.4, 0.5) is 0 Å². The highest BCUT2D eigenvalue weighted by molar-refractivity contribution is 5.98. The lowest BCUT2D eigenvalue weighted by atomic mass is 9.98. The van der Waals surface area contributed by atoms with Crippen LogP contribution in [-0.4, -0.2) is 58.0 Å². The number of hydrogen-bond donors (Lipinski definition) is 3. The number of amides is 2. The Kier molecular flexibility index (Phi) is 5.39. The molecule has 0 spiro atoms. The standard InChI is InChI=1S/C23H27N3O4/c1-14(2)18-10-19(21(28)11-20(18)27)23(30)26-12-16-4-3-15(9-17(16)13-26)22(29)25-7-5-24-6-8-25/h3-4,9-11,14,24,27-28H,5-8,12-13H2,1-2H3. The van der Waals surface area contributed by atoms with E-state index >= 15 is 0 Å². The van der Waals surface area contributed by atoms with Gasteiger partial charge in [0.1, 0.15) is 11.5 Å². The second kappa shape index (κ2) is 7.99. The highest BCUT2D eigenvalue weighted by atomic mass is 16.3. The Labute approximate surface area is 175 Å². The molecule has 30 heavy (non-hydrogen) atoms. The minimum Gasteiger partial charge on any atom is -0.508 e. The monoisotopic (exact) mass is 409 g/mol. The fourth-order valence-corrected chi connectivity index (χ4v) is 4.12. The van der Waals surface area contributed by atoms with Gasteiger partial charge in [0.25, 0.3) is 11.8 Å². The Bertz CT molecular complexity index is 996. The molecule has 2 aromatic rings. The fourth-order valence-electron chi connectivity index (χ4n) is 4.12. The molecule has 1 fully saturated rings. The first-order valence-electron chi connectivity index (χ1n) is 10.3. The second-order valence-electron chi connectivity index (χ2n) is 8.27. The van der Waals surface area contributed by atoms with Gasteiger partial charge in [0.15, 0.2) is 0 Å². The van der Waals surface area contributed by atoms with Crippen LogP contribution >= 0.6 is 0 Å². The Morgan fingerprint density at radius 1 is 0.900 bits per heavy atom. The molecular formula is C23H27N3O4.